The molecule has 1 rings (SSSR count). The molecular weight excluding hydrogens is 193 g/mol. The summed E-state index contributed by atoms with van der Waals surface area (Å²) in [6.45, 7) is 0. The van der Waals surface area contributed by atoms with Crippen LogP contribution in [0.3, 0.4) is 0 Å². The zero-order valence-electron chi connectivity index (χ0n) is 3.48. The summed E-state index contributed by atoms with van der Waals surface area (Å²) in [6.07, 6.45) is 0. The first-order valence-electron chi connectivity index (χ1n) is 1.65. The minimum absolute atomic E-state index is 0.142. The molecule has 4 heteroatoms. The lowest BCUT2D eigenvalue weighted by Crippen LogP contribution is -2.23. The molecule has 0 aromatic rings. The van der Waals surface area contributed by atoms with E-state index >= 15 is 0 Å². The van der Waals surface area contributed by atoms with Crippen molar-refractivity contribution in [3.63, 3.8) is 0 Å². The Bertz CT molecular complexity index is 63.2. The van der Waals surface area contributed by atoms with E-state index in [1.165, 1.54) is 0 Å². The number of nitrogens with one attached hydrogen (secondary N) is 1. The van der Waals surface area contributed by atoms with Gasteiger partial charge in [0.25, 0.3) is 0 Å². The van der Waals surface area contributed by atoms with Crippen LogP contribution in [0.25, 0.3) is 0 Å². The van der Waals surface area contributed by atoms with Crippen LogP contribution in [0.4, 0.5) is 0 Å². The maximum absolute atomic E-state index is 3.95. The number of alkyl halides is 1. The summed E-state index contributed by atoms with van der Waals surface area (Å²) in [5.74, 6) is 0. The summed E-state index contributed by atoms with van der Waals surface area (Å²) in [4.78, 5) is 0. The number of hydrogen-bond donors (Lipinski definition) is 1. The van der Waals surface area contributed by atoms with Crippen molar-refractivity contribution >= 4 is 21.0 Å². The van der Waals surface area contributed by atoms with Crippen molar-refractivity contribution in [3.8, 4) is 0 Å². The summed E-state index contributed by atoms with van der Waals surface area (Å²) in [5, 5.41) is 1.99. The molecule has 0 bridgehead atoms. The smallest absolute Gasteiger partial charge is 0.0796 e. The van der Waals surface area contributed by atoms with Crippen molar-refractivity contribution in [1.29, 1.82) is 0 Å². The van der Waals surface area contributed by atoms with Gasteiger partial charge in [-0.3, -0.25) is 0 Å². The lowest BCUT2D eigenvalue weighted by atomic mass is 11.2. The number of hydrazine groups is 1. The number of rotatable bonds is 0. The molecule has 0 aliphatic carbocycles. The van der Waals surface area contributed by atoms with Gasteiger partial charge >= 0.3 is 0 Å². The maximum Gasteiger partial charge on any atom is 0.0796 e. The van der Waals surface area contributed by atoms with Crippen LogP contribution in [-0.2, 0) is 0 Å². The normalized spacial score (nSPS) is 24.2. The van der Waals surface area contributed by atoms with Crippen molar-refractivity contribution in [2.75, 3.05) is 11.6 Å². The Labute approximate surface area is 46.8 Å². The fourth-order valence-electron chi connectivity index (χ4n) is 0.225. The predicted octanol–water partition coefficient (Wildman–Crippen LogP) is 0.463. The molecule has 0 radical (unpaired) electrons. The zero-order chi connectivity index (χ0) is 4.41. The molecule has 0 saturated carbocycles. The molecule has 0 saturated heterocycles. The van der Waals surface area contributed by atoms with Gasteiger partial charge in [0.1, 0.15) is 0 Å². The predicted molar refractivity (Wildman–Crippen MR) is 32.2 cm³/mol. The van der Waals surface area contributed by atoms with E-state index in [1.807, 2.05) is 12.1 Å². The number of hydrogen-bond acceptors (Lipinski definition) is 3. The van der Waals surface area contributed by atoms with E-state index in [9.17, 15) is 0 Å². The van der Waals surface area contributed by atoms with Crippen molar-refractivity contribution < 1.29 is 0 Å². The van der Waals surface area contributed by atoms with Gasteiger partial charge in [-0.1, -0.05) is 0 Å². The molecule has 0 atom stereocenters. The minimum atomic E-state index is 0.142. The Morgan fingerprint density at radius 2 is 2.83 bits per heavy atom. The second kappa shape index (κ2) is 1.94. The van der Waals surface area contributed by atoms with E-state index < -0.39 is 0 Å². The molecule has 1 N–H and O–H groups in total. The fraction of sp³-hybridized carbons (Fsp3) is 1.00. The molecule has 1 aliphatic heterocycles. The Morgan fingerprint density at radius 1 is 2.00 bits per heavy atom. The van der Waals surface area contributed by atoms with Gasteiger partial charge in [-0.15, -0.1) is 5.53 Å². The maximum atomic E-state index is 3.95. The first-order chi connectivity index (χ1) is 2.89. The summed E-state index contributed by atoms with van der Waals surface area (Å²) in [7, 11) is 2.00. The molecule has 36 valence electrons. The summed E-state index contributed by atoms with van der Waals surface area (Å²) in [5.41, 5.74) is 2.83. The SMILES string of the molecule is CN1CI=NN1. The number of nitrogens with zero attached hydrogens (tertiary/aromatic N) is 2. The van der Waals surface area contributed by atoms with Crippen LogP contribution in [0.1, 0.15) is 0 Å². The first-order valence-corrected chi connectivity index (χ1v) is 4.14. The highest BCUT2D eigenvalue weighted by atomic mass is 127. The molecule has 0 aromatic carbocycles. The van der Waals surface area contributed by atoms with Crippen molar-refractivity contribution in [3.05, 3.63) is 0 Å². The third-order valence-corrected chi connectivity index (χ3v) is 2.39. The van der Waals surface area contributed by atoms with Gasteiger partial charge in [0, 0.05) is 28.1 Å². The highest BCUT2D eigenvalue weighted by Gasteiger charge is 1.96. The van der Waals surface area contributed by atoms with E-state index in [1.54, 1.807) is 0 Å². The van der Waals surface area contributed by atoms with E-state index in [2.05, 4.69) is 8.79 Å². The van der Waals surface area contributed by atoms with Crippen LogP contribution >= 0.6 is 21.0 Å². The Hall–Kier alpha value is 0.450. The Morgan fingerprint density at radius 3 is 3.00 bits per heavy atom. The molecule has 0 aromatic heterocycles. The fourth-order valence-corrected chi connectivity index (χ4v) is 1.51. The first kappa shape index (κ1) is 4.61. The van der Waals surface area contributed by atoms with Gasteiger partial charge < -0.3 is 0 Å². The lowest BCUT2D eigenvalue weighted by molar-refractivity contribution is 0.305. The second-order valence-corrected chi connectivity index (χ2v) is 2.97. The average Bonchev–Trinajstić information content (AvgIpc) is 1.86. The summed E-state index contributed by atoms with van der Waals surface area (Å²) in [6, 6.07) is 0. The molecule has 1 heterocycles. The molecular formula is C2H6IN3. The molecule has 1 aliphatic rings. The third kappa shape index (κ3) is 0.954. The van der Waals surface area contributed by atoms with Crippen LogP contribution in [0.15, 0.2) is 3.25 Å². The van der Waals surface area contributed by atoms with Crippen LogP contribution in [0.2, 0.25) is 0 Å². The molecule has 0 amide bonds. The van der Waals surface area contributed by atoms with Gasteiger partial charge in [0.15, 0.2) is 0 Å². The van der Waals surface area contributed by atoms with Crippen LogP contribution in [0.5, 0.6) is 0 Å². The quantitative estimate of drug-likeness (QED) is 0.348. The van der Waals surface area contributed by atoms with Gasteiger partial charge in [-0.2, -0.15) is 3.25 Å². The largest absolute Gasteiger partial charge is 0.217 e. The van der Waals surface area contributed by atoms with Crippen molar-refractivity contribution in [2.24, 2.45) is 3.25 Å². The molecule has 3 nitrogen and oxygen atoms in total. The Kier molecular flexibility index (Phi) is 1.49. The third-order valence-electron chi connectivity index (χ3n) is 0.501. The lowest BCUT2D eigenvalue weighted by Gasteiger charge is -1.99. The average molecular weight is 199 g/mol. The molecule has 0 spiro atoms. The van der Waals surface area contributed by atoms with Crippen LogP contribution in [-0.4, -0.2) is 16.6 Å². The van der Waals surface area contributed by atoms with Gasteiger partial charge in [-0.25, -0.2) is 5.01 Å². The van der Waals surface area contributed by atoms with Crippen LogP contribution in [0, 0.1) is 0 Å². The van der Waals surface area contributed by atoms with E-state index in [0.717, 1.165) is 4.55 Å². The standard InChI is InChI=1S/C2H6IN3/c1-6-2-3-4-5-6/h5H,2H2,1H3. The summed E-state index contributed by atoms with van der Waals surface area (Å²) >= 11 is 0.142. The molecule has 0 fully saturated rings. The topological polar surface area (TPSA) is 27.6 Å². The van der Waals surface area contributed by atoms with E-state index in [0.29, 0.717) is 0 Å². The van der Waals surface area contributed by atoms with Gasteiger partial charge in [0.2, 0.25) is 0 Å². The van der Waals surface area contributed by atoms with E-state index in [4.69, 9.17) is 0 Å². The van der Waals surface area contributed by atoms with Crippen molar-refractivity contribution in [2.45, 2.75) is 0 Å². The van der Waals surface area contributed by atoms with Gasteiger partial charge in [-0.05, 0) is 0 Å². The highest BCUT2D eigenvalue weighted by Crippen LogP contribution is 2.04. The zero-order valence-corrected chi connectivity index (χ0v) is 5.64. The van der Waals surface area contributed by atoms with Crippen LogP contribution < -0.4 is 5.53 Å². The Balaban J connectivity index is 2.32. The van der Waals surface area contributed by atoms with E-state index in [-0.39, 0.29) is 21.0 Å². The summed E-state index contributed by atoms with van der Waals surface area (Å²) < 4.78 is 5.10. The molecule has 0 unspecified atom stereocenters. The minimum Gasteiger partial charge on any atom is -0.217 e. The number of halogens is 1. The highest BCUT2D eigenvalue weighted by molar-refractivity contribution is 14.2. The second-order valence-electron chi connectivity index (χ2n) is 1.12. The van der Waals surface area contributed by atoms with Gasteiger partial charge in [0.05, 0.1) is 4.55 Å². The molecule has 6 heavy (non-hydrogen) atoms. The van der Waals surface area contributed by atoms with Crippen molar-refractivity contribution in [1.82, 2.24) is 10.5 Å². The monoisotopic (exact) mass is 199 g/mol.